The van der Waals surface area contributed by atoms with Crippen molar-refractivity contribution in [1.29, 1.82) is 0 Å². The first-order valence-corrected chi connectivity index (χ1v) is 7.29. The van der Waals surface area contributed by atoms with Crippen LogP contribution >= 0.6 is 0 Å². The van der Waals surface area contributed by atoms with Gasteiger partial charge in [-0.2, -0.15) is 0 Å². The molecule has 0 heterocycles. The van der Waals surface area contributed by atoms with Crippen LogP contribution in [0.4, 0.5) is 0 Å². The van der Waals surface area contributed by atoms with Crippen molar-refractivity contribution >= 4 is 0 Å². The fourth-order valence-corrected chi connectivity index (χ4v) is 2.37. The van der Waals surface area contributed by atoms with E-state index < -0.39 is 0 Å². The minimum absolute atomic E-state index is 0.806. The molecule has 0 amide bonds. The highest BCUT2D eigenvalue weighted by Gasteiger charge is 2.06. The summed E-state index contributed by atoms with van der Waals surface area (Å²) in [4.78, 5) is 0. The fourth-order valence-electron chi connectivity index (χ4n) is 2.37. The van der Waals surface area contributed by atoms with Gasteiger partial charge in [0.1, 0.15) is 17.2 Å². The van der Waals surface area contributed by atoms with Gasteiger partial charge in [-0.05, 0) is 41.5 Å². The van der Waals surface area contributed by atoms with Gasteiger partial charge < -0.3 is 9.47 Å². The molecule has 0 radical (unpaired) electrons. The van der Waals surface area contributed by atoms with Crippen molar-refractivity contribution < 1.29 is 9.47 Å². The molecule has 0 atom stereocenters. The van der Waals surface area contributed by atoms with Crippen LogP contribution in [0.2, 0.25) is 0 Å². The number of hydrogen-bond acceptors (Lipinski definition) is 2. The Morgan fingerprint density at radius 1 is 0.727 bits per heavy atom. The summed E-state index contributed by atoms with van der Waals surface area (Å²) < 4.78 is 11.3. The standard InChI is InChI=1S/C20H18O2/c1-21-19-12-7-8-16(15-19)14-17-9-5-6-13-20(17)22-18-10-3-2-4-11-18/h2-13,15H,14H2,1H3. The minimum Gasteiger partial charge on any atom is -0.497 e. The van der Waals surface area contributed by atoms with E-state index in [-0.39, 0.29) is 0 Å². The molecule has 0 aliphatic carbocycles. The summed E-state index contributed by atoms with van der Waals surface area (Å²) in [5.41, 5.74) is 2.35. The second kappa shape index (κ2) is 6.81. The second-order valence-electron chi connectivity index (χ2n) is 5.05. The van der Waals surface area contributed by atoms with E-state index in [4.69, 9.17) is 9.47 Å². The Morgan fingerprint density at radius 3 is 2.27 bits per heavy atom. The van der Waals surface area contributed by atoms with Crippen molar-refractivity contribution in [2.24, 2.45) is 0 Å². The summed E-state index contributed by atoms with van der Waals surface area (Å²) in [5, 5.41) is 0. The van der Waals surface area contributed by atoms with Gasteiger partial charge in [-0.15, -0.1) is 0 Å². The van der Waals surface area contributed by atoms with Gasteiger partial charge in [0.25, 0.3) is 0 Å². The molecule has 0 bridgehead atoms. The van der Waals surface area contributed by atoms with E-state index in [0.717, 1.165) is 29.2 Å². The Hall–Kier alpha value is -2.74. The van der Waals surface area contributed by atoms with Crippen LogP contribution in [0.3, 0.4) is 0 Å². The van der Waals surface area contributed by atoms with E-state index in [9.17, 15) is 0 Å². The molecule has 3 rings (SSSR count). The second-order valence-corrected chi connectivity index (χ2v) is 5.05. The number of methoxy groups -OCH3 is 1. The van der Waals surface area contributed by atoms with E-state index in [2.05, 4.69) is 18.2 Å². The highest BCUT2D eigenvalue weighted by atomic mass is 16.5. The van der Waals surface area contributed by atoms with Crippen LogP contribution < -0.4 is 9.47 Å². The highest BCUT2D eigenvalue weighted by Crippen LogP contribution is 2.27. The van der Waals surface area contributed by atoms with Crippen molar-refractivity contribution in [3.63, 3.8) is 0 Å². The zero-order valence-electron chi connectivity index (χ0n) is 12.5. The molecular weight excluding hydrogens is 272 g/mol. The third-order valence-corrected chi connectivity index (χ3v) is 3.47. The fraction of sp³-hybridized carbons (Fsp3) is 0.100. The van der Waals surface area contributed by atoms with Crippen LogP contribution in [0.5, 0.6) is 17.2 Å². The monoisotopic (exact) mass is 290 g/mol. The number of rotatable bonds is 5. The lowest BCUT2D eigenvalue weighted by Crippen LogP contribution is -1.94. The first kappa shape index (κ1) is 14.2. The van der Waals surface area contributed by atoms with Gasteiger partial charge >= 0.3 is 0 Å². The molecule has 3 aromatic carbocycles. The largest absolute Gasteiger partial charge is 0.497 e. The van der Waals surface area contributed by atoms with E-state index in [0.29, 0.717) is 0 Å². The topological polar surface area (TPSA) is 18.5 Å². The normalized spacial score (nSPS) is 10.2. The molecule has 0 N–H and O–H groups in total. The zero-order chi connectivity index (χ0) is 15.2. The summed E-state index contributed by atoms with van der Waals surface area (Å²) in [6.07, 6.45) is 0.806. The first-order chi connectivity index (χ1) is 10.8. The summed E-state index contributed by atoms with van der Waals surface area (Å²) in [5.74, 6) is 2.61. The van der Waals surface area contributed by atoms with Gasteiger partial charge in [-0.3, -0.25) is 0 Å². The van der Waals surface area contributed by atoms with Gasteiger partial charge in [-0.1, -0.05) is 48.5 Å². The molecule has 0 fully saturated rings. The van der Waals surface area contributed by atoms with Crippen LogP contribution in [0.15, 0.2) is 78.9 Å². The number of hydrogen-bond donors (Lipinski definition) is 0. The Morgan fingerprint density at radius 2 is 1.45 bits per heavy atom. The molecule has 0 saturated carbocycles. The molecule has 0 saturated heterocycles. The van der Waals surface area contributed by atoms with Crippen LogP contribution in [0.1, 0.15) is 11.1 Å². The third-order valence-electron chi connectivity index (χ3n) is 3.47. The summed E-state index contributed by atoms with van der Waals surface area (Å²) in [7, 11) is 1.69. The summed E-state index contributed by atoms with van der Waals surface area (Å²) >= 11 is 0. The van der Waals surface area contributed by atoms with Crippen LogP contribution in [0, 0.1) is 0 Å². The Bertz CT molecular complexity index is 735. The number of para-hydroxylation sites is 2. The Balaban J connectivity index is 1.84. The van der Waals surface area contributed by atoms with Crippen LogP contribution in [0.25, 0.3) is 0 Å². The summed E-state index contributed by atoms with van der Waals surface area (Å²) in [6.45, 7) is 0. The maximum Gasteiger partial charge on any atom is 0.130 e. The maximum atomic E-state index is 6.01. The van der Waals surface area contributed by atoms with Crippen molar-refractivity contribution in [2.75, 3.05) is 7.11 Å². The van der Waals surface area contributed by atoms with Crippen molar-refractivity contribution in [1.82, 2.24) is 0 Å². The van der Waals surface area contributed by atoms with Gasteiger partial charge in [0.2, 0.25) is 0 Å². The van der Waals surface area contributed by atoms with Crippen molar-refractivity contribution in [2.45, 2.75) is 6.42 Å². The van der Waals surface area contributed by atoms with E-state index in [1.54, 1.807) is 7.11 Å². The lowest BCUT2D eigenvalue weighted by atomic mass is 10.0. The average molecular weight is 290 g/mol. The lowest BCUT2D eigenvalue weighted by Gasteiger charge is -2.11. The number of ether oxygens (including phenoxy) is 2. The van der Waals surface area contributed by atoms with Gasteiger partial charge in [-0.25, -0.2) is 0 Å². The molecule has 0 aliphatic heterocycles. The van der Waals surface area contributed by atoms with E-state index in [1.807, 2.05) is 60.7 Å². The highest BCUT2D eigenvalue weighted by molar-refractivity contribution is 5.41. The summed E-state index contributed by atoms with van der Waals surface area (Å²) in [6, 6.07) is 26.1. The van der Waals surface area contributed by atoms with E-state index >= 15 is 0 Å². The molecule has 0 unspecified atom stereocenters. The Labute approximate surface area is 131 Å². The van der Waals surface area contributed by atoms with Gasteiger partial charge in [0, 0.05) is 6.42 Å². The quantitative estimate of drug-likeness (QED) is 0.652. The van der Waals surface area contributed by atoms with Crippen molar-refractivity contribution in [3.05, 3.63) is 90.0 Å². The average Bonchev–Trinajstić information content (AvgIpc) is 2.58. The molecule has 2 heteroatoms. The first-order valence-electron chi connectivity index (χ1n) is 7.29. The molecule has 3 aromatic rings. The van der Waals surface area contributed by atoms with Gasteiger partial charge in [0.15, 0.2) is 0 Å². The Kier molecular flexibility index (Phi) is 4.40. The van der Waals surface area contributed by atoms with Crippen LogP contribution in [-0.2, 0) is 6.42 Å². The SMILES string of the molecule is COc1cccc(Cc2ccccc2Oc2ccccc2)c1. The molecule has 22 heavy (non-hydrogen) atoms. The lowest BCUT2D eigenvalue weighted by molar-refractivity contribution is 0.414. The van der Waals surface area contributed by atoms with E-state index in [1.165, 1.54) is 5.56 Å². The van der Waals surface area contributed by atoms with Crippen LogP contribution in [-0.4, -0.2) is 7.11 Å². The molecule has 0 aliphatic rings. The molecule has 110 valence electrons. The predicted octanol–water partition coefficient (Wildman–Crippen LogP) is 5.08. The molecule has 2 nitrogen and oxygen atoms in total. The molecular formula is C20H18O2. The minimum atomic E-state index is 0.806. The maximum absolute atomic E-state index is 6.01. The zero-order valence-corrected chi connectivity index (χ0v) is 12.5. The third kappa shape index (κ3) is 3.47. The van der Waals surface area contributed by atoms with Crippen molar-refractivity contribution in [3.8, 4) is 17.2 Å². The molecule has 0 aromatic heterocycles. The predicted molar refractivity (Wildman–Crippen MR) is 88.8 cm³/mol. The molecule has 0 spiro atoms. The number of benzene rings is 3. The smallest absolute Gasteiger partial charge is 0.130 e. The van der Waals surface area contributed by atoms with Gasteiger partial charge in [0.05, 0.1) is 7.11 Å².